The van der Waals surface area contributed by atoms with Gasteiger partial charge in [-0.1, -0.05) is 29.3 Å². The maximum absolute atomic E-state index is 12.6. The lowest BCUT2D eigenvalue weighted by atomic mass is 9.96. The Morgan fingerprint density at radius 1 is 1.08 bits per heavy atom. The number of hydrogen-bond donors (Lipinski definition) is 1. The van der Waals surface area contributed by atoms with Crippen molar-refractivity contribution < 1.29 is 9.59 Å². The summed E-state index contributed by atoms with van der Waals surface area (Å²) in [6.07, 6.45) is 1.62. The first-order valence-electron chi connectivity index (χ1n) is 8.45. The van der Waals surface area contributed by atoms with Gasteiger partial charge in [0.15, 0.2) is 0 Å². The van der Waals surface area contributed by atoms with Crippen LogP contribution in [0.3, 0.4) is 0 Å². The largest absolute Gasteiger partial charge is 0.338 e. The number of nitrogens with one attached hydrogen (secondary N) is 1. The zero-order valence-electron chi connectivity index (χ0n) is 14.2. The van der Waals surface area contributed by atoms with Crippen molar-refractivity contribution in [1.82, 2.24) is 4.90 Å². The van der Waals surface area contributed by atoms with Crippen LogP contribution in [-0.4, -0.2) is 29.8 Å². The van der Waals surface area contributed by atoms with Gasteiger partial charge in [-0.3, -0.25) is 9.59 Å². The van der Waals surface area contributed by atoms with Gasteiger partial charge in [-0.2, -0.15) is 0 Å². The number of benzene rings is 2. The third kappa shape index (κ3) is 4.40. The maximum Gasteiger partial charge on any atom is 0.253 e. The fourth-order valence-electron chi connectivity index (χ4n) is 3.03. The van der Waals surface area contributed by atoms with Crippen LogP contribution < -0.4 is 5.32 Å². The molecule has 130 valence electrons. The number of hydrogen-bond acceptors (Lipinski definition) is 2. The van der Waals surface area contributed by atoms with E-state index in [9.17, 15) is 9.59 Å². The number of rotatable bonds is 3. The number of carbonyl (C=O) groups is 2. The minimum Gasteiger partial charge on any atom is -0.338 e. The van der Waals surface area contributed by atoms with Crippen LogP contribution in [0.5, 0.6) is 0 Å². The van der Waals surface area contributed by atoms with Crippen LogP contribution >= 0.6 is 11.6 Å². The second kappa shape index (κ2) is 7.70. The molecule has 0 unspecified atom stereocenters. The maximum atomic E-state index is 12.6. The monoisotopic (exact) mass is 356 g/mol. The summed E-state index contributed by atoms with van der Waals surface area (Å²) >= 11 is 5.88. The van der Waals surface area contributed by atoms with E-state index in [0.29, 0.717) is 23.7 Å². The zero-order chi connectivity index (χ0) is 17.8. The molecule has 1 saturated heterocycles. The number of nitrogens with zero attached hydrogens (tertiary/aromatic N) is 1. The Morgan fingerprint density at radius 2 is 1.76 bits per heavy atom. The van der Waals surface area contributed by atoms with Crippen molar-refractivity contribution in [3.8, 4) is 0 Å². The number of likely N-dealkylation sites (tertiary alicyclic amines) is 1. The highest BCUT2D eigenvalue weighted by Gasteiger charge is 2.29. The van der Waals surface area contributed by atoms with Crippen molar-refractivity contribution in [3.05, 3.63) is 64.7 Å². The molecule has 1 atom stereocenters. The summed E-state index contributed by atoms with van der Waals surface area (Å²) in [4.78, 5) is 26.9. The lowest BCUT2D eigenvalue weighted by Gasteiger charge is -2.32. The average Bonchev–Trinajstić information content (AvgIpc) is 2.64. The number of halogens is 1. The number of amides is 2. The second-order valence-corrected chi connectivity index (χ2v) is 6.89. The van der Waals surface area contributed by atoms with Crippen LogP contribution in [0.4, 0.5) is 5.69 Å². The summed E-state index contributed by atoms with van der Waals surface area (Å²) in [5.41, 5.74) is 2.54. The number of carbonyl (C=O) groups excluding carboxylic acids is 2. The fraction of sp³-hybridized carbons (Fsp3) is 0.300. The predicted molar refractivity (Wildman–Crippen MR) is 99.9 cm³/mol. The first-order valence-corrected chi connectivity index (χ1v) is 8.83. The summed E-state index contributed by atoms with van der Waals surface area (Å²) in [5, 5.41) is 3.55. The summed E-state index contributed by atoms with van der Waals surface area (Å²) in [7, 11) is 0. The third-order valence-electron chi connectivity index (χ3n) is 4.49. The van der Waals surface area contributed by atoms with Crippen molar-refractivity contribution >= 4 is 29.1 Å². The van der Waals surface area contributed by atoms with E-state index in [0.717, 1.165) is 24.1 Å². The van der Waals surface area contributed by atoms with E-state index in [1.807, 2.05) is 31.2 Å². The Morgan fingerprint density at radius 3 is 2.44 bits per heavy atom. The summed E-state index contributed by atoms with van der Waals surface area (Å²) < 4.78 is 0. The molecule has 2 aromatic carbocycles. The lowest BCUT2D eigenvalue weighted by molar-refractivity contribution is -0.121. The van der Waals surface area contributed by atoms with Gasteiger partial charge in [0.1, 0.15) is 0 Å². The molecule has 1 N–H and O–H groups in total. The van der Waals surface area contributed by atoms with E-state index in [1.54, 1.807) is 29.2 Å². The Hall–Kier alpha value is -2.33. The Kier molecular flexibility index (Phi) is 5.39. The number of aryl methyl sites for hydroxylation is 1. The highest BCUT2D eigenvalue weighted by Crippen LogP contribution is 2.21. The first kappa shape index (κ1) is 17.5. The summed E-state index contributed by atoms with van der Waals surface area (Å²) in [5.74, 6) is -0.270. The molecule has 0 radical (unpaired) electrons. The molecule has 1 heterocycles. The SMILES string of the molecule is Cc1ccc(NC(=O)[C@H]2CCCN(C(=O)c3ccc(Cl)cc3)C2)cc1. The van der Waals surface area contributed by atoms with Gasteiger partial charge in [0.05, 0.1) is 5.92 Å². The van der Waals surface area contributed by atoms with Crippen LogP contribution in [-0.2, 0) is 4.79 Å². The van der Waals surface area contributed by atoms with Crippen LogP contribution in [0, 0.1) is 12.8 Å². The van der Waals surface area contributed by atoms with E-state index in [2.05, 4.69) is 5.32 Å². The molecule has 1 aliphatic rings. The lowest BCUT2D eigenvalue weighted by Crippen LogP contribution is -2.43. The quantitative estimate of drug-likeness (QED) is 0.898. The molecule has 0 spiro atoms. The van der Waals surface area contributed by atoms with Crippen molar-refractivity contribution in [2.75, 3.05) is 18.4 Å². The number of piperidine rings is 1. The van der Waals surface area contributed by atoms with Gasteiger partial charge in [0.25, 0.3) is 5.91 Å². The molecule has 1 fully saturated rings. The van der Waals surface area contributed by atoms with E-state index in [1.165, 1.54) is 0 Å². The topological polar surface area (TPSA) is 49.4 Å². The molecule has 1 aliphatic heterocycles. The molecule has 25 heavy (non-hydrogen) atoms. The Bertz CT molecular complexity index is 756. The summed E-state index contributed by atoms with van der Waals surface area (Å²) in [6.45, 7) is 3.13. The predicted octanol–water partition coefficient (Wildman–Crippen LogP) is 4.14. The smallest absolute Gasteiger partial charge is 0.253 e. The van der Waals surface area contributed by atoms with Gasteiger partial charge in [0, 0.05) is 29.4 Å². The highest BCUT2D eigenvalue weighted by molar-refractivity contribution is 6.30. The van der Waals surface area contributed by atoms with Crippen molar-refractivity contribution in [3.63, 3.8) is 0 Å². The van der Waals surface area contributed by atoms with Crippen molar-refractivity contribution in [2.24, 2.45) is 5.92 Å². The van der Waals surface area contributed by atoms with Crippen LogP contribution in [0.25, 0.3) is 0 Å². The molecule has 0 aromatic heterocycles. The van der Waals surface area contributed by atoms with Gasteiger partial charge < -0.3 is 10.2 Å². The first-order chi connectivity index (χ1) is 12.0. The highest BCUT2D eigenvalue weighted by atomic mass is 35.5. The van der Waals surface area contributed by atoms with Crippen LogP contribution in [0.2, 0.25) is 5.02 Å². The fourth-order valence-corrected chi connectivity index (χ4v) is 3.16. The molecular formula is C20H21ClN2O2. The normalized spacial score (nSPS) is 17.2. The molecule has 3 rings (SSSR count). The minimum atomic E-state index is -0.189. The van der Waals surface area contributed by atoms with Crippen LogP contribution in [0.1, 0.15) is 28.8 Å². The van der Waals surface area contributed by atoms with Gasteiger partial charge in [-0.15, -0.1) is 0 Å². The average molecular weight is 357 g/mol. The molecular weight excluding hydrogens is 336 g/mol. The van der Waals surface area contributed by atoms with Crippen molar-refractivity contribution in [1.29, 1.82) is 0 Å². The zero-order valence-corrected chi connectivity index (χ0v) is 14.9. The van der Waals surface area contributed by atoms with Gasteiger partial charge in [-0.05, 0) is 56.2 Å². The Balaban J connectivity index is 1.63. The van der Waals surface area contributed by atoms with E-state index >= 15 is 0 Å². The van der Waals surface area contributed by atoms with Gasteiger partial charge in [-0.25, -0.2) is 0 Å². The molecule has 0 bridgehead atoms. The molecule has 5 heteroatoms. The Labute approximate surface area is 152 Å². The summed E-state index contributed by atoms with van der Waals surface area (Å²) in [6, 6.07) is 14.6. The standard InChI is InChI=1S/C20H21ClN2O2/c1-14-4-10-18(11-5-14)22-19(24)16-3-2-12-23(13-16)20(25)15-6-8-17(21)9-7-15/h4-11,16H,2-3,12-13H2,1H3,(H,22,24)/t16-/m0/s1. The minimum absolute atomic E-state index is 0.0301. The van der Waals surface area contributed by atoms with E-state index in [4.69, 9.17) is 11.6 Å². The molecule has 0 aliphatic carbocycles. The van der Waals surface area contributed by atoms with Gasteiger partial charge >= 0.3 is 0 Å². The van der Waals surface area contributed by atoms with Crippen molar-refractivity contribution in [2.45, 2.75) is 19.8 Å². The molecule has 0 saturated carbocycles. The van der Waals surface area contributed by atoms with Crippen LogP contribution in [0.15, 0.2) is 48.5 Å². The molecule has 2 aromatic rings. The third-order valence-corrected chi connectivity index (χ3v) is 4.74. The second-order valence-electron chi connectivity index (χ2n) is 6.45. The number of anilines is 1. The van der Waals surface area contributed by atoms with E-state index < -0.39 is 0 Å². The molecule has 4 nitrogen and oxygen atoms in total. The van der Waals surface area contributed by atoms with E-state index in [-0.39, 0.29) is 17.7 Å². The molecule has 2 amide bonds. The van der Waals surface area contributed by atoms with Gasteiger partial charge in [0.2, 0.25) is 5.91 Å².